The summed E-state index contributed by atoms with van der Waals surface area (Å²) in [7, 11) is 0. The zero-order valence-electron chi connectivity index (χ0n) is 32.0. The molecule has 6 aromatic rings. The Hall–Kier alpha value is -4.99. The molecule has 0 fully saturated rings. The maximum atomic E-state index is 4.00. The molecule has 0 amide bonds. The van der Waals surface area contributed by atoms with Gasteiger partial charge in [-0.25, -0.2) is 0 Å². The molecule has 0 spiro atoms. The molecule has 8 rings (SSSR count). The number of anilines is 1. The first kappa shape index (κ1) is 36.0. The van der Waals surface area contributed by atoms with Crippen molar-refractivity contribution in [3.8, 4) is 0 Å². The molecular weight excluding hydrogens is 720 g/mol. The van der Waals surface area contributed by atoms with E-state index in [-0.39, 0.29) is 10.8 Å². The first-order chi connectivity index (χ1) is 26.2. The molecule has 2 aliphatic rings. The Balaban J connectivity index is 1.13. The van der Waals surface area contributed by atoms with Gasteiger partial charge < -0.3 is 4.90 Å². The summed E-state index contributed by atoms with van der Waals surface area (Å²) in [6.07, 6.45) is 13.5. The third kappa shape index (κ3) is 6.80. The van der Waals surface area contributed by atoms with E-state index in [9.17, 15) is 0 Å². The Morgan fingerprint density at radius 2 is 1.20 bits per heavy atom. The van der Waals surface area contributed by atoms with Crippen molar-refractivity contribution < 1.29 is 4.58 Å². The summed E-state index contributed by atoms with van der Waals surface area (Å²) in [6, 6.07) is 48.7. The molecule has 0 saturated carbocycles. The number of hydrogen-bond donors (Lipinski definition) is 0. The first-order valence-electron chi connectivity index (χ1n) is 19.5. The third-order valence-corrected chi connectivity index (χ3v) is 12.2. The van der Waals surface area contributed by atoms with Gasteiger partial charge in [-0.1, -0.05) is 145 Å². The number of nitrogens with zero attached hydrogens (tertiary/aromatic N) is 2. The van der Waals surface area contributed by atoms with Crippen LogP contribution in [0.3, 0.4) is 0 Å². The minimum Gasteiger partial charge on any atom is -0.344 e. The van der Waals surface area contributed by atoms with Gasteiger partial charge in [0.15, 0.2) is 5.71 Å². The highest BCUT2D eigenvalue weighted by Crippen LogP contribution is 2.51. The lowest BCUT2D eigenvalue weighted by atomic mass is 9.79. The van der Waals surface area contributed by atoms with Crippen LogP contribution in [0.25, 0.3) is 21.5 Å². The van der Waals surface area contributed by atoms with E-state index in [4.69, 9.17) is 0 Å². The number of hydrogen-bond acceptors (Lipinski definition) is 1. The number of aryl methyl sites for hydroxylation is 2. The van der Waals surface area contributed by atoms with Crippen LogP contribution in [0.15, 0.2) is 168 Å². The van der Waals surface area contributed by atoms with E-state index in [2.05, 4.69) is 211 Å². The molecule has 0 atom stereocenters. The minimum atomic E-state index is -0.156. The number of allylic oxidation sites excluding steroid dienone is 6. The first-order valence-corrected chi connectivity index (χ1v) is 20.3. The average molecular weight is 771 g/mol. The Morgan fingerprint density at radius 1 is 0.630 bits per heavy atom. The fraction of sp³-hybridized carbons (Fsp3) is 0.235. The van der Waals surface area contributed by atoms with Gasteiger partial charge >= 0.3 is 0 Å². The zero-order valence-corrected chi connectivity index (χ0v) is 33.6. The number of benzene rings is 6. The van der Waals surface area contributed by atoms with Gasteiger partial charge in [-0.15, -0.1) is 0 Å². The molecule has 0 bridgehead atoms. The Morgan fingerprint density at radius 3 is 1.87 bits per heavy atom. The van der Waals surface area contributed by atoms with Crippen LogP contribution in [0.1, 0.15) is 62.8 Å². The summed E-state index contributed by atoms with van der Waals surface area (Å²) in [5, 5.41) is 5.29. The van der Waals surface area contributed by atoms with Crippen LogP contribution in [0, 0.1) is 0 Å². The van der Waals surface area contributed by atoms with E-state index in [1.165, 1.54) is 66.6 Å². The second-order valence-corrected chi connectivity index (χ2v) is 16.8. The predicted octanol–water partition coefficient (Wildman–Crippen LogP) is 13.2. The number of rotatable bonds is 11. The smallest absolute Gasteiger partial charge is 0.210 e. The van der Waals surface area contributed by atoms with Crippen LogP contribution in [-0.2, 0) is 23.7 Å². The van der Waals surface area contributed by atoms with Gasteiger partial charge in [-0.05, 0) is 102 Å². The number of fused-ring (bicyclic) bond motifs is 6. The summed E-state index contributed by atoms with van der Waals surface area (Å²) in [5.74, 6) is 0. The van der Waals surface area contributed by atoms with Gasteiger partial charge in [-0.2, -0.15) is 4.58 Å². The van der Waals surface area contributed by atoms with Gasteiger partial charge in [0.05, 0.1) is 5.41 Å². The normalized spacial score (nSPS) is 16.9. The summed E-state index contributed by atoms with van der Waals surface area (Å²) < 4.78 is 3.64. The molecule has 0 aliphatic carbocycles. The summed E-state index contributed by atoms with van der Waals surface area (Å²) in [6.45, 7) is 11.5. The molecule has 2 aliphatic heterocycles. The lowest BCUT2D eigenvalue weighted by Gasteiger charge is -2.27. The van der Waals surface area contributed by atoms with Crippen molar-refractivity contribution in [3.05, 3.63) is 190 Å². The van der Waals surface area contributed by atoms with Crippen LogP contribution in [0.5, 0.6) is 0 Å². The van der Waals surface area contributed by atoms with Crippen molar-refractivity contribution in [2.24, 2.45) is 0 Å². The maximum absolute atomic E-state index is 4.00. The average Bonchev–Trinajstić information content (AvgIpc) is 3.55. The van der Waals surface area contributed by atoms with Crippen LogP contribution < -0.4 is 4.90 Å². The molecule has 0 saturated heterocycles. The Bertz CT molecular complexity index is 2450. The maximum Gasteiger partial charge on any atom is 0.210 e. The van der Waals surface area contributed by atoms with Gasteiger partial charge in [0.25, 0.3) is 0 Å². The zero-order chi connectivity index (χ0) is 37.3. The summed E-state index contributed by atoms with van der Waals surface area (Å²) >= 11 is 4.00. The molecule has 0 unspecified atom stereocenters. The SMILES string of the molecule is CC1(C)C(/C=C/C(Br)=C/C=C2/N(CCCc3ccccc3)c3ccc4ccccc4c3C2(C)C)=[N+](CCCc2ccccc2)c2ccc3ccccc3c21. The van der Waals surface area contributed by atoms with Gasteiger partial charge in [-0.3, -0.25) is 0 Å². The molecule has 54 heavy (non-hydrogen) atoms. The lowest BCUT2D eigenvalue weighted by Crippen LogP contribution is -2.28. The van der Waals surface area contributed by atoms with E-state index in [0.717, 1.165) is 43.3 Å². The second kappa shape index (κ2) is 15.0. The molecule has 0 aromatic heterocycles. The van der Waals surface area contributed by atoms with Crippen LogP contribution in [0.4, 0.5) is 11.4 Å². The third-order valence-electron chi connectivity index (χ3n) is 11.7. The molecule has 2 nitrogen and oxygen atoms in total. The van der Waals surface area contributed by atoms with Crippen LogP contribution in [0.2, 0.25) is 0 Å². The predicted molar refractivity (Wildman–Crippen MR) is 235 cm³/mol. The van der Waals surface area contributed by atoms with E-state index in [1.54, 1.807) is 0 Å². The van der Waals surface area contributed by atoms with Crippen molar-refractivity contribution in [3.63, 3.8) is 0 Å². The van der Waals surface area contributed by atoms with Gasteiger partial charge in [0, 0.05) is 52.0 Å². The van der Waals surface area contributed by atoms with Crippen molar-refractivity contribution in [1.29, 1.82) is 0 Å². The van der Waals surface area contributed by atoms with Crippen molar-refractivity contribution in [2.75, 3.05) is 18.0 Å². The quantitative estimate of drug-likeness (QED) is 0.0939. The molecule has 0 radical (unpaired) electrons. The minimum absolute atomic E-state index is 0.156. The van der Waals surface area contributed by atoms with E-state index >= 15 is 0 Å². The lowest BCUT2D eigenvalue weighted by molar-refractivity contribution is -0.438. The van der Waals surface area contributed by atoms with Gasteiger partial charge in [0.2, 0.25) is 5.69 Å². The standard InChI is InChI=1S/C51H50BrN2/c1-50(2)46(53(35-15-21-37-17-7-5-8-18-37)44-31-27-39-23-11-13-25-42(39)48(44)50)33-29-41(52)30-34-47-51(3,4)49-43-26-14-12-24-40(43)28-32-45(49)54(47)36-16-22-38-19-9-6-10-20-38/h5-14,17-20,23-34H,15-16,21-22,35-36H2,1-4H3/q+1. The van der Waals surface area contributed by atoms with Crippen molar-refractivity contribution >= 4 is 54.6 Å². The van der Waals surface area contributed by atoms with Crippen LogP contribution >= 0.6 is 15.9 Å². The van der Waals surface area contributed by atoms with E-state index in [0.29, 0.717) is 0 Å². The highest BCUT2D eigenvalue weighted by atomic mass is 79.9. The summed E-state index contributed by atoms with van der Waals surface area (Å²) in [5.41, 5.74) is 10.7. The largest absolute Gasteiger partial charge is 0.344 e. The number of halogens is 1. The molecular formula is C51H50BrN2+. The highest BCUT2D eigenvalue weighted by molar-refractivity contribution is 9.11. The Kier molecular flexibility index (Phi) is 10.0. The molecule has 6 aromatic carbocycles. The monoisotopic (exact) mass is 769 g/mol. The summed E-state index contributed by atoms with van der Waals surface area (Å²) in [4.78, 5) is 2.58. The van der Waals surface area contributed by atoms with Gasteiger partial charge in [0.1, 0.15) is 6.54 Å². The molecule has 3 heteroatoms. The fourth-order valence-corrected chi connectivity index (χ4v) is 9.36. The van der Waals surface area contributed by atoms with Crippen molar-refractivity contribution in [1.82, 2.24) is 0 Å². The van der Waals surface area contributed by atoms with Crippen molar-refractivity contribution in [2.45, 2.75) is 64.2 Å². The van der Waals surface area contributed by atoms with E-state index < -0.39 is 0 Å². The molecule has 270 valence electrons. The van der Waals surface area contributed by atoms with E-state index in [1.807, 2.05) is 0 Å². The highest BCUT2D eigenvalue weighted by Gasteiger charge is 2.45. The Labute approximate surface area is 330 Å². The topological polar surface area (TPSA) is 6.25 Å². The van der Waals surface area contributed by atoms with Crippen LogP contribution in [-0.4, -0.2) is 23.4 Å². The molecule has 2 heterocycles. The fourth-order valence-electron chi connectivity index (χ4n) is 9.10. The second-order valence-electron chi connectivity index (χ2n) is 15.9. The molecule has 0 N–H and O–H groups in total.